The van der Waals surface area contributed by atoms with Crippen LogP contribution in [0.5, 0.6) is 0 Å². The number of aromatic carboxylic acids is 1. The van der Waals surface area contributed by atoms with Crippen molar-refractivity contribution in [2.45, 2.75) is 13.8 Å². The number of halogens is 1. The second-order valence-electron chi connectivity index (χ2n) is 4.73. The first kappa shape index (κ1) is 15.2. The fraction of sp³-hybridized carbons (Fsp3) is 0.188. The highest BCUT2D eigenvalue weighted by Crippen LogP contribution is 2.37. The molecule has 0 saturated heterocycles. The van der Waals surface area contributed by atoms with E-state index in [1.165, 1.54) is 6.07 Å². The van der Waals surface area contributed by atoms with E-state index >= 15 is 0 Å². The number of nitrogens with zero attached hydrogens (tertiary/aromatic N) is 1. The van der Waals surface area contributed by atoms with Crippen molar-refractivity contribution >= 4 is 34.6 Å². The normalized spacial score (nSPS) is 10.4. The summed E-state index contributed by atoms with van der Waals surface area (Å²) in [6.45, 7) is 4.52. The lowest BCUT2D eigenvalue weighted by atomic mass is 10.1. The van der Waals surface area contributed by atoms with Gasteiger partial charge in [0, 0.05) is 17.9 Å². The number of para-hydroxylation sites is 1. The molecule has 0 atom stereocenters. The van der Waals surface area contributed by atoms with Crippen LogP contribution in [-0.4, -0.2) is 17.6 Å². The fourth-order valence-corrected chi connectivity index (χ4v) is 2.70. The van der Waals surface area contributed by atoms with Crippen LogP contribution in [0.2, 0.25) is 5.02 Å². The maximum absolute atomic E-state index is 11.5. The zero-order valence-corrected chi connectivity index (χ0v) is 12.7. The monoisotopic (exact) mass is 304 g/mol. The van der Waals surface area contributed by atoms with E-state index in [1.54, 1.807) is 6.07 Å². The molecule has 21 heavy (non-hydrogen) atoms. The van der Waals surface area contributed by atoms with E-state index in [9.17, 15) is 9.90 Å². The first-order valence-electron chi connectivity index (χ1n) is 6.61. The molecule has 2 aromatic rings. The highest BCUT2D eigenvalue weighted by Gasteiger charge is 2.21. The lowest BCUT2D eigenvalue weighted by molar-refractivity contribution is 0.0697. The number of rotatable bonds is 4. The molecule has 2 aromatic carbocycles. The maximum atomic E-state index is 11.5. The van der Waals surface area contributed by atoms with Crippen molar-refractivity contribution in [3.8, 4) is 0 Å². The Hall–Kier alpha value is -2.20. The summed E-state index contributed by atoms with van der Waals surface area (Å²) in [7, 11) is 0. The van der Waals surface area contributed by atoms with Gasteiger partial charge in [0.25, 0.3) is 0 Å². The van der Waals surface area contributed by atoms with Crippen molar-refractivity contribution in [3.05, 3.63) is 52.5 Å². The molecule has 0 amide bonds. The zero-order valence-electron chi connectivity index (χ0n) is 11.9. The molecule has 5 heteroatoms. The van der Waals surface area contributed by atoms with Crippen LogP contribution in [0, 0.1) is 6.92 Å². The van der Waals surface area contributed by atoms with Gasteiger partial charge in [0.05, 0.1) is 16.3 Å². The predicted molar refractivity (Wildman–Crippen MR) is 86.7 cm³/mol. The quantitative estimate of drug-likeness (QED) is 0.835. The molecule has 0 aliphatic rings. The third-order valence-electron chi connectivity index (χ3n) is 3.31. The lowest BCUT2D eigenvalue weighted by Crippen LogP contribution is -2.20. The van der Waals surface area contributed by atoms with Gasteiger partial charge < -0.3 is 15.7 Å². The van der Waals surface area contributed by atoms with Gasteiger partial charge in [-0.05, 0) is 37.6 Å². The highest BCUT2D eigenvalue weighted by atomic mass is 35.5. The third kappa shape index (κ3) is 2.95. The van der Waals surface area contributed by atoms with Gasteiger partial charge in [-0.1, -0.05) is 29.8 Å². The Morgan fingerprint density at radius 2 is 2.00 bits per heavy atom. The van der Waals surface area contributed by atoms with Gasteiger partial charge in [-0.15, -0.1) is 0 Å². The average molecular weight is 305 g/mol. The number of hydrogen-bond donors (Lipinski definition) is 2. The number of carboxylic acids is 1. The van der Waals surface area contributed by atoms with Crippen molar-refractivity contribution in [2.75, 3.05) is 17.2 Å². The Balaban J connectivity index is 2.68. The molecular weight excluding hydrogens is 288 g/mol. The summed E-state index contributed by atoms with van der Waals surface area (Å²) in [4.78, 5) is 13.4. The molecule has 0 fully saturated rings. The summed E-state index contributed by atoms with van der Waals surface area (Å²) in [5.41, 5.74) is 8.59. The second kappa shape index (κ2) is 6.06. The SMILES string of the molecule is CCN(c1ccccc1C)c1c(Cl)cc(N)cc1C(=O)O. The molecular formula is C16H17ClN2O2. The van der Waals surface area contributed by atoms with E-state index in [1.807, 2.05) is 43.0 Å². The Bertz CT molecular complexity index is 686. The maximum Gasteiger partial charge on any atom is 0.337 e. The molecule has 4 nitrogen and oxygen atoms in total. The van der Waals surface area contributed by atoms with Gasteiger partial charge in [0.1, 0.15) is 0 Å². The van der Waals surface area contributed by atoms with Gasteiger partial charge in [-0.3, -0.25) is 0 Å². The summed E-state index contributed by atoms with van der Waals surface area (Å²) in [6.07, 6.45) is 0. The molecule has 110 valence electrons. The van der Waals surface area contributed by atoms with Crippen molar-refractivity contribution < 1.29 is 9.90 Å². The number of benzene rings is 2. The van der Waals surface area contributed by atoms with E-state index in [4.69, 9.17) is 17.3 Å². The van der Waals surface area contributed by atoms with Crippen LogP contribution in [0.1, 0.15) is 22.8 Å². The summed E-state index contributed by atoms with van der Waals surface area (Å²) in [6, 6.07) is 10.8. The van der Waals surface area contributed by atoms with E-state index in [0.717, 1.165) is 11.3 Å². The number of aryl methyl sites for hydroxylation is 1. The standard InChI is InChI=1S/C16H17ClN2O2/c1-3-19(14-7-5-4-6-10(14)2)15-12(16(20)21)8-11(18)9-13(15)17/h4-9H,3,18H2,1-2H3,(H,20,21). The molecule has 0 saturated carbocycles. The van der Waals surface area contributed by atoms with Crippen LogP contribution in [-0.2, 0) is 0 Å². The van der Waals surface area contributed by atoms with Gasteiger partial charge in [-0.25, -0.2) is 4.79 Å². The van der Waals surface area contributed by atoms with Crippen LogP contribution in [0.25, 0.3) is 0 Å². The topological polar surface area (TPSA) is 66.6 Å². The Morgan fingerprint density at radius 3 is 2.57 bits per heavy atom. The van der Waals surface area contributed by atoms with E-state index in [0.29, 0.717) is 22.9 Å². The first-order valence-corrected chi connectivity index (χ1v) is 6.99. The second-order valence-corrected chi connectivity index (χ2v) is 5.14. The Kier molecular flexibility index (Phi) is 4.38. The van der Waals surface area contributed by atoms with Crippen molar-refractivity contribution in [1.29, 1.82) is 0 Å². The van der Waals surface area contributed by atoms with Crippen LogP contribution in [0.4, 0.5) is 17.1 Å². The minimum atomic E-state index is -1.05. The molecule has 0 heterocycles. The molecule has 0 aliphatic carbocycles. The number of carbonyl (C=O) groups is 1. The largest absolute Gasteiger partial charge is 0.478 e. The van der Waals surface area contributed by atoms with Crippen molar-refractivity contribution in [2.24, 2.45) is 0 Å². The first-order chi connectivity index (χ1) is 9.95. The van der Waals surface area contributed by atoms with E-state index in [2.05, 4.69) is 0 Å². The number of carboxylic acid groups (broad SMARTS) is 1. The van der Waals surface area contributed by atoms with Gasteiger partial charge in [0.2, 0.25) is 0 Å². The molecule has 0 aromatic heterocycles. The van der Waals surface area contributed by atoms with E-state index < -0.39 is 5.97 Å². The summed E-state index contributed by atoms with van der Waals surface area (Å²) in [5, 5.41) is 9.77. The molecule has 2 rings (SSSR count). The summed E-state index contributed by atoms with van der Waals surface area (Å²) < 4.78 is 0. The number of anilines is 3. The lowest BCUT2D eigenvalue weighted by Gasteiger charge is -2.27. The third-order valence-corrected chi connectivity index (χ3v) is 3.60. The van der Waals surface area contributed by atoms with Gasteiger partial charge >= 0.3 is 5.97 Å². The minimum absolute atomic E-state index is 0.102. The molecule has 0 spiro atoms. The van der Waals surface area contributed by atoms with Crippen LogP contribution in [0.15, 0.2) is 36.4 Å². The van der Waals surface area contributed by atoms with E-state index in [-0.39, 0.29) is 5.56 Å². The predicted octanol–water partition coefficient (Wildman–Crippen LogP) is 4.09. The van der Waals surface area contributed by atoms with Gasteiger partial charge in [0.15, 0.2) is 0 Å². The summed E-state index contributed by atoms with van der Waals surface area (Å²) in [5.74, 6) is -1.05. The Labute approximate surface area is 128 Å². The minimum Gasteiger partial charge on any atom is -0.478 e. The average Bonchev–Trinajstić information content (AvgIpc) is 2.42. The smallest absolute Gasteiger partial charge is 0.337 e. The highest BCUT2D eigenvalue weighted by molar-refractivity contribution is 6.34. The van der Waals surface area contributed by atoms with Crippen molar-refractivity contribution in [3.63, 3.8) is 0 Å². The molecule has 0 unspecified atom stereocenters. The Morgan fingerprint density at radius 1 is 1.33 bits per heavy atom. The number of nitrogen functional groups attached to an aromatic ring is 1. The van der Waals surface area contributed by atoms with Crippen LogP contribution in [0.3, 0.4) is 0 Å². The fourth-order valence-electron chi connectivity index (χ4n) is 2.37. The molecule has 3 N–H and O–H groups in total. The number of nitrogens with two attached hydrogens (primary N) is 1. The van der Waals surface area contributed by atoms with Crippen LogP contribution < -0.4 is 10.6 Å². The van der Waals surface area contributed by atoms with Crippen molar-refractivity contribution in [1.82, 2.24) is 0 Å². The number of hydrogen-bond acceptors (Lipinski definition) is 3. The molecule has 0 bridgehead atoms. The molecule has 0 aliphatic heterocycles. The summed E-state index contributed by atoms with van der Waals surface area (Å²) >= 11 is 6.27. The van der Waals surface area contributed by atoms with Crippen LogP contribution >= 0.6 is 11.6 Å². The zero-order chi connectivity index (χ0) is 15.6. The molecule has 0 radical (unpaired) electrons. The van der Waals surface area contributed by atoms with Gasteiger partial charge in [-0.2, -0.15) is 0 Å².